The number of hydrogen-bond acceptors (Lipinski definition) is 2. The number of piperidine rings is 1. The number of hydrogen-bond donors (Lipinski definition) is 2. The van der Waals surface area contributed by atoms with Gasteiger partial charge < -0.3 is 10.3 Å². The van der Waals surface area contributed by atoms with Crippen molar-refractivity contribution in [2.75, 3.05) is 6.54 Å². The number of imidazole rings is 1. The molecule has 0 radical (unpaired) electrons. The molecule has 3 rings (SSSR count). The number of aromatic nitrogens is 2. The smallest absolute Gasteiger partial charge is 0.123 e. The molecule has 3 heteroatoms. The third-order valence-corrected chi connectivity index (χ3v) is 3.32. The summed E-state index contributed by atoms with van der Waals surface area (Å²) in [5.41, 5.74) is 2.30. The second-order valence-corrected chi connectivity index (χ2v) is 4.55. The molecule has 0 amide bonds. The predicted molar refractivity (Wildman–Crippen MR) is 68.6 cm³/mol. The number of aromatic amines is 1. The van der Waals surface area contributed by atoms with E-state index in [9.17, 15) is 0 Å². The molecule has 3 nitrogen and oxygen atoms in total. The SMILES string of the molecule is c1ccc(-c2cnc([C@@H]3CCCCN3)[nH]2)cc1. The number of H-pyrrole nitrogens is 1. The highest BCUT2D eigenvalue weighted by Gasteiger charge is 2.17. The van der Waals surface area contributed by atoms with E-state index in [0.29, 0.717) is 6.04 Å². The molecule has 1 atom stereocenters. The lowest BCUT2D eigenvalue weighted by molar-refractivity contribution is 0.399. The molecule has 1 aliphatic rings. The van der Waals surface area contributed by atoms with Crippen LogP contribution in [0.4, 0.5) is 0 Å². The summed E-state index contributed by atoms with van der Waals surface area (Å²) >= 11 is 0. The van der Waals surface area contributed by atoms with Gasteiger partial charge >= 0.3 is 0 Å². The molecule has 2 aromatic rings. The van der Waals surface area contributed by atoms with Crippen molar-refractivity contribution in [3.8, 4) is 11.3 Å². The molecule has 0 saturated carbocycles. The van der Waals surface area contributed by atoms with Gasteiger partial charge in [0.05, 0.1) is 17.9 Å². The van der Waals surface area contributed by atoms with Crippen molar-refractivity contribution >= 4 is 0 Å². The molecule has 88 valence electrons. The minimum Gasteiger partial charge on any atom is -0.341 e. The van der Waals surface area contributed by atoms with Gasteiger partial charge in [-0.3, -0.25) is 0 Å². The average molecular weight is 227 g/mol. The van der Waals surface area contributed by atoms with Crippen molar-refractivity contribution in [2.45, 2.75) is 25.3 Å². The second-order valence-electron chi connectivity index (χ2n) is 4.55. The molecule has 1 aromatic heterocycles. The number of benzene rings is 1. The van der Waals surface area contributed by atoms with Crippen LogP contribution in [0.3, 0.4) is 0 Å². The Balaban J connectivity index is 1.83. The number of nitrogens with one attached hydrogen (secondary N) is 2. The molecule has 0 bridgehead atoms. The van der Waals surface area contributed by atoms with Crippen LogP contribution >= 0.6 is 0 Å². The zero-order chi connectivity index (χ0) is 11.5. The van der Waals surface area contributed by atoms with Crippen LogP contribution in [-0.2, 0) is 0 Å². The maximum absolute atomic E-state index is 4.50. The summed E-state index contributed by atoms with van der Waals surface area (Å²) in [4.78, 5) is 7.92. The van der Waals surface area contributed by atoms with Gasteiger partial charge in [-0.15, -0.1) is 0 Å². The quantitative estimate of drug-likeness (QED) is 0.828. The van der Waals surface area contributed by atoms with E-state index < -0.39 is 0 Å². The minimum absolute atomic E-state index is 0.404. The van der Waals surface area contributed by atoms with E-state index in [2.05, 4.69) is 39.6 Å². The van der Waals surface area contributed by atoms with Crippen molar-refractivity contribution < 1.29 is 0 Å². The first-order valence-electron chi connectivity index (χ1n) is 6.27. The zero-order valence-corrected chi connectivity index (χ0v) is 9.82. The molecule has 1 fully saturated rings. The van der Waals surface area contributed by atoms with Gasteiger partial charge in [-0.25, -0.2) is 4.98 Å². The Bertz CT molecular complexity index is 469. The highest BCUT2D eigenvalue weighted by atomic mass is 15.0. The van der Waals surface area contributed by atoms with Crippen LogP contribution in [-0.4, -0.2) is 16.5 Å². The lowest BCUT2D eigenvalue weighted by Crippen LogP contribution is -2.27. The van der Waals surface area contributed by atoms with E-state index in [0.717, 1.165) is 18.1 Å². The Morgan fingerprint density at radius 3 is 2.76 bits per heavy atom. The first-order valence-corrected chi connectivity index (χ1v) is 6.27. The highest BCUT2D eigenvalue weighted by molar-refractivity contribution is 5.58. The summed E-state index contributed by atoms with van der Waals surface area (Å²) in [6.45, 7) is 1.10. The summed E-state index contributed by atoms with van der Waals surface area (Å²) in [6, 6.07) is 10.7. The van der Waals surface area contributed by atoms with Gasteiger partial charge in [0, 0.05) is 0 Å². The van der Waals surface area contributed by atoms with Crippen LogP contribution < -0.4 is 5.32 Å². The van der Waals surface area contributed by atoms with Crippen LogP contribution in [0.15, 0.2) is 36.5 Å². The van der Waals surface area contributed by atoms with Gasteiger partial charge in [-0.2, -0.15) is 0 Å². The summed E-state index contributed by atoms with van der Waals surface area (Å²) in [5.74, 6) is 1.07. The van der Waals surface area contributed by atoms with Gasteiger partial charge in [-0.1, -0.05) is 36.8 Å². The van der Waals surface area contributed by atoms with Gasteiger partial charge in [0.25, 0.3) is 0 Å². The molecule has 1 saturated heterocycles. The van der Waals surface area contributed by atoms with E-state index in [4.69, 9.17) is 0 Å². The van der Waals surface area contributed by atoms with Crippen molar-refractivity contribution in [2.24, 2.45) is 0 Å². The normalized spacial score (nSPS) is 20.4. The Morgan fingerprint density at radius 2 is 2.00 bits per heavy atom. The predicted octanol–water partition coefficient (Wildman–Crippen LogP) is 2.89. The van der Waals surface area contributed by atoms with E-state index in [1.165, 1.54) is 24.8 Å². The Hall–Kier alpha value is -1.61. The fourth-order valence-electron chi connectivity index (χ4n) is 2.36. The van der Waals surface area contributed by atoms with Gasteiger partial charge in [0.1, 0.15) is 5.82 Å². The van der Waals surface area contributed by atoms with Crippen LogP contribution in [0, 0.1) is 0 Å². The molecule has 1 aliphatic heterocycles. The lowest BCUT2D eigenvalue weighted by atomic mass is 10.0. The molecule has 0 unspecified atom stereocenters. The maximum atomic E-state index is 4.50. The third kappa shape index (κ3) is 2.24. The summed E-state index contributed by atoms with van der Waals surface area (Å²) in [5, 5.41) is 3.51. The first kappa shape index (κ1) is 10.5. The van der Waals surface area contributed by atoms with Crippen LogP contribution in [0.2, 0.25) is 0 Å². The van der Waals surface area contributed by atoms with E-state index >= 15 is 0 Å². The Kier molecular flexibility index (Phi) is 2.92. The maximum Gasteiger partial charge on any atom is 0.123 e. The van der Waals surface area contributed by atoms with Crippen LogP contribution in [0.25, 0.3) is 11.3 Å². The molecule has 2 N–H and O–H groups in total. The van der Waals surface area contributed by atoms with Crippen LogP contribution in [0.1, 0.15) is 31.1 Å². The molecule has 0 aliphatic carbocycles. The van der Waals surface area contributed by atoms with Crippen molar-refractivity contribution in [3.63, 3.8) is 0 Å². The molecule has 17 heavy (non-hydrogen) atoms. The second kappa shape index (κ2) is 4.72. The molecular weight excluding hydrogens is 210 g/mol. The molecule has 0 spiro atoms. The fourth-order valence-corrected chi connectivity index (χ4v) is 2.36. The Morgan fingerprint density at radius 1 is 1.12 bits per heavy atom. The number of nitrogens with zero attached hydrogens (tertiary/aromatic N) is 1. The summed E-state index contributed by atoms with van der Waals surface area (Å²) in [7, 11) is 0. The lowest BCUT2D eigenvalue weighted by Gasteiger charge is -2.21. The van der Waals surface area contributed by atoms with E-state index in [1.807, 2.05) is 12.3 Å². The molecule has 1 aromatic carbocycles. The minimum atomic E-state index is 0.404. The third-order valence-electron chi connectivity index (χ3n) is 3.32. The summed E-state index contributed by atoms with van der Waals surface area (Å²) < 4.78 is 0. The summed E-state index contributed by atoms with van der Waals surface area (Å²) in [6.07, 6.45) is 5.69. The van der Waals surface area contributed by atoms with Gasteiger partial charge in [0.2, 0.25) is 0 Å². The van der Waals surface area contributed by atoms with E-state index in [1.54, 1.807) is 0 Å². The largest absolute Gasteiger partial charge is 0.341 e. The van der Waals surface area contributed by atoms with Gasteiger partial charge in [0.15, 0.2) is 0 Å². The monoisotopic (exact) mass is 227 g/mol. The topological polar surface area (TPSA) is 40.7 Å². The number of rotatable bonds is 2. The van der Waals surface area contributed by atoms with Crippen molar-refractivity contribution in [1.82, 2.24) is 15.3 Å². The van der Waals surface area contributed by atoms with Crippen molar-refractivity contribution in [1.29, 1.82) is 0 Å². The van der Waals surface area contributed by atoms with Crippen LogP contribution in [0.5, 0.6) is 0 Å². The van der Waals surface area contributed by atoms with E-state index in [-0.39, 0.29) is 0 Å². The standard InChI is InChI=1S/C14H17N3/c1-2-6-11(7-3-1)13-10-16-14(17-13)12-8-4-5-9-15-12/h1-3,6-7,10,12,15H,4-5,8-9H2,(H,16,17)/t12-/m0/s1. The molecule has 2 heterocycles. The fraction of sp³-hybridized carbons (Fsp3) is 0.357. The Labute approximate surface area is 101 Å². The molecular formula is C14H17N3. The highest BCUT2D eigenvalue weighted by Crippen LogP contribution is 2.23. The first-order chi connectivity index (χ1) is 8.43. The van der Waals surface area contributed by atoms with Gasteiger partial charge in [-0.05, 0) is 24.9 Å². The van der Waals surface area contributed by atoms with Crippen molar-refractivity contribution in [3.05, 3.63) is 42.4 Å². The zero-order valence-electron chi connectivity index (χ0n) is 9.82. The average Bonchev–Trinajstić information content (AvgIpc) is 2.90.